The second-order valence-electron chi connectivity index (χ2n) is 5.48. The van der Waals surface area contributed by atoms with Crippen molar-refractivity contribution in [2.75, 3.05) is 0 Å². The Morgan fingerprint density at radius 1 is 1.36 bits per heavy atom. The van der Waals surface area contributed by atoms with Crippen molar-refractivity contribution in [1.82, 2.24) is 15.1 Å². The summed E-state index contributed by atoms with van der Waals surface area (Å²) < 4.78 is 1.61. The Bertz CT molecular complexity index is 737. The van der Waals surface area contributed by atoms with Crippen LogP contribution < -0.4 is 11.1 Å². The fraction of sp³-hybridized carbons (Fsp3) is 0.267. The number of amides is 2. The minimum Gasteiger partial charge on any atom is -0.368 e. The van der Waals surface area contributed by atoms with Crippen LogP contribution in [0, 0.1) is 6.92 Å². The van der Waals surface area contributed by atoms with Crippen LogP contribution in [0.5, 0.6) is 0 Å². The minimum atomic E-state index is -1.14. The highest BCUT2D eigenvalue weighted by molar-refractivity contribution is 6.30. The van der Waals surface area contributed by atoms with E-state index in [0.717, 1.165) is 5.69 Å². The number of hydrogen-bond acceptors (Lipinski definition) is 3. The molecule has 0 aliphatic rings. The predicted molar refractivity (Wildman–Crippen MR) is 84.1 cm³/mol. The Labute approximate surface area is 133 Å². The number of aromatic nitrogens is 2. The Balaban J connectivity index is 2.32. The van der Waals surface area contributed by atoms with Crippen LogP contribution in [-0.2, 0) is 4.79 Å². The number of nitrogens with one attached hydrogen (secondary N) is 1. The van der Waals surface area contributed by atoms with Gasteiger partial charge in [-0.1, -0.05) is 17.7 Å². The summed E-state index contributed by atoms with van der Waals surface area (Å²) in [6.45, 7) is 4.86. The van der Waals surface area contributed by atoms with E-state index in [4.69, 9.17) is 17.3 Å². The fourth-order valence-electron chi connectivity index (χ4n) is 1.91. The molecule has 6 nitrogen and oxygen atoms in total. The van der Waals surface area contributed by atoms with Gasteiger partial charge in [-0.2, -0.15) is 5.10 Å². The first kappa shape index (κ1) is 16.0. The molecular formula is C15H17ClN4O2. The summed E-state index contributed by atoms with van der Waals surface area (Å²) in [5.41, 5.74) is 5.88. The first-order valence-corrected chi connectivity index (χ1v) is 7.03. The van der Waals surface area contributed by atoms with Gasteiger partial charge in [0.15, 0.2) is 0 Å². The molecule has 0 atom stereocenters. The first-order valence-electron chi connectivity index (χ1n) is 6.65. The number of nitrogens with two attached hydrogens (primary N) is 1. The second-order valence-corrected chi connectivity index (χ2v) is 5.92. The van der Waals surface area contributed by atoms with Gasteiger partial charge in [-0.25, -0.2) is 4.68 Å². The van der Waals surface area contributed by atoms with Crippen LogP contribution >= 0.6 is 11.6 Å². The van der Waals surface area contributed by atoms with Crippen molar-refractivity contribution in [3.05, 3.63) is 46.7 Å². The Kier molecular flexibility index (Phi) is 4.23. The molecule has 0 saturated carbocycles. The third-order valence-corrected chi connectivity index (χ3v) is 3.58. The van der Waals surface area contributed by atoms with Crippen molar-refractivity contribution in [3.8, 4) is 5.69 Å². The molecular weight excluding hydrogens is 304 g/mol. The van der Waals surface area contributed by atoms with Gasteiger partial charge in [0, 0.05) is 5.02 Å². The van der Waals surface area contributed by atoms with Gasteiger partial charge in [-0.3, -0.25) is 9.59 Å². The van der Waals surface area contributed by atoms with Crippen molar-refractivity contribution in [2.24, 2.45) is 5.73 Å². The first-order chi connectivity index (χ1) is 10.2. The number of primary amides is 1. The lowest BCUT2D eigenvalue weighted by atomic mass is 10.0. The van der Waals surface area contributed by atoms with Gasteiger partial charge in [0.2, 0.25) is 5.91 Å². The molecule has 1 aromatic heterocycles. The van der Waals surface area contributed by atoms with Crippen LogP contribution in [0.2, 0.25) is 5.02 Å². The summed E-state index contributed by atoms with van der Waals surface area (Å²) in [6.07, 6.45) is 1.45. The molecule has 0 fully saturated rings. The number of nitrogens with zero attached hydrogens (tertiary/aromatic N) is 2. The van der Waals surface area contributed by atoms with E-state index in [2.05, 4.69) is 10.4 Å². The molecule has 116 valence electrons. The van der Waals surface area contributed by atoms with Crippen LogP contribution in [0.25, 0.3) is 5.69 Å². The molecule has 1 aromatic carbocycles. The van der Waals surface area contributed by atoms with Crippen molar-refractivity contribution >= 4 is 23.4 Å². The second kappa shape index (κ2) is 5.81. The Hall–Kier alpha value is -2.34. The SMILES string of the molecule is Cc1c(C(=O)NC(C)(C)C(N)=O)cnn1-c1cccc(Cl)c1. The highest BCUT2D eigenvalue weighted by atomic mass is 35.5. The molecule has 0 aliphatic carbocycles. The number of rotatable bonds is 4. The monoisotopic (exact) mass is 320 g/mol. The Morgan fingerprint density at radius 3 is 2.64 bits per heavy atom. The maximum absolute atomic E-state index is 12.3. The van der Waals surface area contributed by atoms with E-state index in [9.17, 15) is 9.59 Å². The van der Waals surface area contributed by atoms with Crippen LogP contribution in [0.1, 0.15) is 29.9 Å². The third-order valence-electron chi connectivity index (χ3n) is 3.35. The largest absolute Gasteiger partial charge is 0.368 e. The number of carbonyl (C=O) groups is 2. The van der Waals surface area contributed by atoms with E-state index in [-0.39, 0.29) is 0 Å². The zero-order valence-corrected chi connectivity index (χ0v) is 13.3. The van der Waals surface area contributed by atoms with Crippen molar-refractivity contribution in [3.63, 3.8) is 0 Å². The van der Waals surface area contributed by atoms with Crippen LogP contribution in [0.4, 0.5) is 0 Å². The quantitative estimate of drug-likeness (QED) is 0.900. The highest BCUT2D eigenvalue weighted by Gasteiger charge is 2.28. The predicted octanol–water partition coefficient (Wildman–Crippen LogP) is 1.83. The van der Waals surface area contributed by atoms with Crippen molar-refractivity contribution in [1.29, 1.82) is 0 Å². The van der Waals surface area contributed by atoms with Crippen LogP contribution in [0.3, 0.4) is 0 Å². The summed E-state index contributed by atoms with van der Waals surface area (Å²) in [5, 5.41) is 7.38. The number of carbonyl (C=O) groups excluding carboxylic acids is 2. The molecule has 2 rings (SSSR count). The number of halogens is 1. The summed E-state index contributed by atoms with van der Waals surface area (Å²) in [5.74, 6) is -1.02. The standard InChI is InChI=1S/C15H17ClN4O2/c1-9-12(13(21)19-15(2,3)14(17)22)8-18-20(9)11-6-4-5-10(16)7-11/h4-8H,1-3H3,(H2,17,22)(H,19,21). The molecule has 1 heterocycles. The van der Waals surface area contributed by atoms with E-state index in [1.807, 2.05) is 6.07 Å². The molecule has 22 heavy (non-hydrogen) atoms. The van der Waals surface area contributed by atoms with Gasteiger partial charge in [0.05, 0.1) is 23.1 Å². The molecule has 2 aromatic rings. The van der Waals surface area contributed by atoms with E-state index >= 15 is 0 Å². The number of hydrogen-bond donors (Lipinski definition) is 2. The van der Waals surface area contributed by atoms with Crippen LogP contribution in [0.15, 0.2) is 30.5 Å². The number of benzene rings is 1. The molecule has 0 aliphatic heterocycles. The zero-order chi connectivity index (χ0) is 16.5. The molecule has 7 heteroatoms. The topological polar surface area (TPSA) is 90.0 Å². The average molecular weight is 321 g/mol. The minimum absolute atomic E-state index is 0.370. The maximum atomic E-state index is 12.3. The summed E-state index contributed by atoms with van der Waals surface area (Å²) in [7, 11) is 0. The van der Waals surface area contributed by atoms with E-state index in [1.54, 1.807) is 43.7 Å². The molecule has 3 N–H and O–H groups in total. The van der Waals surface area contributed by atoms with Gasteiger partial charge < -0.3 is 11.1 Å². The lowest BCUT2D eigenvalue weighted by Crippen LogP contribution is -2.53. The molecule has 0 bridgehead atoms. The van der Waals surface area contributed by atoms with Gasteiger partial charge >= 0.3 is 0 Å². The van der Waals surface area contributed by atoms with Crippen molar-refractivity contribution in [2.45, 2.75) is 26.3 Å². The van der Waals surface area contributed by atoms with Gasteiger partial charge in [0.1, 0.15) is 5.54 Å². The van der Waals surface area contributed by atoms with Crippen molar-refractivity contribution < 1.29 is 9.59 Å². The summed E-state index contributed by atoms with van der Waals surface area (Å²) >= 11 is 5.97. The normalized spacial score (nSPS) is 11.3. The molecule has 0 unspecified atom stereocenters. The summed E-state index contributed by atoms with van der Waals surface area (Å²) in [4.78, 5) is 23.6. The lowest BCUT2D eigenvalue weighted by molar-refractivity contribution is -0.122. The van der Waals surface area contributed by atoms with E-state index < -0.39 is 17.4 Å². The average Bonchev–Trinajstić information content (AvgIpc) is 2.80. The Morgan fingerprint density at radius 2 is 2.05 bits per heavy atom. The molecule has 0 saturated heterocycles. The lowest BCUT2D eigenvalue weighted by Gasteiger charge is -2.22. The van der Waals surface area contributed by atoms with Gasteiger partial charge in [0.25, 0.3) is 5.91 Å². The van der Waals surface area contributed by atoms with E-state index in [1.165, 1.54) is 6.20 Å². The molecule has 0 spiro atoms. The third kappa shape index (κ3) is 3.12. The maximum Gasteiger partial charge on any atom is 0.255 e. The van der Waals surface area contributed by atoms with Crippen LogP contribution in [-0.4, -0.2) is 27.1 Å². The fourth-order valence-corrected chi connectivity index (χ4v) is 2.10. The smallest absolute Gasteiger partial charge is 0.255 e. The summed E-state index contributed by atoms with van der Waals surface area (Å²) in [6, 6.07) is 7.14. The van der Waals surface area contributed by atoms with Gasteiger partial charge in [-0.15, -0.1) is 0 Å². The molecule has 2 amide bonds. The van der Waals surface area contributed by atoms with E-state index in [0.29, 0.717) is 16.3 Å². The van der Waals surface area contributed by atoms with Gasteiger partial charge in [-0.05, 0) is 39.0 Å². The highest BCUT2D eigenvalue weighted by Crippen LogP contribution is 2.18. The zero-order valence-electron chi connectivity index (χ0n) is 12.6. The molecule has 0 radical (unpaired) electrons.